The molecule has 0 fully saturated rings. The van der Waals surface area contributed by atoms with Crippen molar-refractivity contribution in [2.24, 2.45) is 0 Å². The summed E-state index contributed by atoms with van der Waals surface area (Å²) in [5, 5.41) is 4.95. The van der Waals surface area contributed by atoms with Gasteiger partial charge in [0, 0.05) is 11.8 Å². The highest BCUT2D eigenvalue weighted by molar-refractivity contribution is 6.00. The van der Waals surface area contributed by atoms with Crippen LogP contribution in [0.15, 0.2) is 54.6 Å². The Morgan fingerprint density at radius 1 is 0.688 bits per heavy atom. The van der Waals surface area contributed by atoms with Crippen molar-refractivity contribution in [1.29, 1.82) is 0 Å². The summed E-state index contributed by atoms with van der Waals surface area (Å²) >= 11 is 0. The van der Waals surface area contributed by atoms with E-state index in [1.807, 2.05) is 0 Å². The van der Waals surface area contributed by atoms with Gasteiger partial charge in [-0.1, -0.05) is 88.3 Å². The molecule has 0 aliphatic carbocycles. The van der Waals surface area contributed by atoms with Crippen molar-refractivity contribution in [3.8, 4) is 5.75 Å². The quantitative estimate of drug-likeness (QED) is 0.137. The van der Waals surface area contributed by atoms with Crippen LogP contribution in [0.5, 0.6) is 5.75 Å². The third-order valence-electron chi connectivity index (χ3n) is 6.00. The zero-order valence-electron chi connectivity index (χ0n) is 19.6. The van der Waals surface area contributed by atoms with E-state index in [-0.39, 0.29) is 5.97 Å². The second-order valence-corrected chi connectivity index (χ2v) is 8.68. The minimum atomic E-state index is -0.0298. The molecule has 0 atom stereocenters. The van der Waals surface area contributed by atoms with E-state index < -0.39 is 0 Å². The van der Waals surface area contributed by atoms with E-state index in [1.54, 1.807) is 0 Å². The molecule has 0 spiro atoms. The molecule has 0 heterocycles. The molecule has 3 aromatic rings. The summed E-state index contributed by atoms with van der Waals surface area (Å²) in [7, 11) is 0. The van der Waals surface area contributed by atoms with Crippen molar-refractivity contribution in [3.05, 3.63) is 54.6 Å². The minimum Gasteiger partial charge on any atom is -0.493 e. The van der Waals surface area contributed by atoms with Crippen LogP contribution in [0, 0.1) is 0 Å². The van der Waals surface area contributed by atoms with Crippen LogP contribution in [0.4, 0.5) is 0 Å². The molecule has 0 aromatic heterocycles. The zero-order valence-corrected chi connectivity index (χ0v) is 19.6. The van der Waals surface area contributed by atoms with Crippen molar-refractivity contribution >= 4 is 27.5 Å². The molecule has 0 saturated carbocycles. The van der Waals surface area contributed by atoms with Crippen LogP contribution in [-0.4, -0.2) is 19.2 Å². The maximum atomic E-state index is 11.6. The predicted octanol–water partition coefficient (Wildman–Crippen LogP) is 8.23. The lowest BCUT2D eigenvalue weighted by molar-refractivity contribution is -0.143. The number of unbranched alkanes of at least 4 members (excludes halogenated alkanes) is 8. The van der Waals surface area contributed by atoms with Gasteiger partial charge >= 0.3 is 5.97 Å². The van der Waals surface area contributed by atoms with E-state index in [9.17, 15) is 4.79 Å². The molecule has 0 unspecified atom stereocenters. The van der Waals surface area contributed by atoms with Crippen LogP contribution in [0.1, 0.15) is 77.6 Å². The van der Waals surface area contributed by atoms with Gasteiger partial charge < -0.3 is 9.47 Å². The summed E-state index contributed by atoms with van der Waals surface area (Å²) in [4.78, 5) is 11.6. The molecule has 0 amide bonds. The Bertz CT molecular complexity index is 963. The fourth-order valence-electron chi connectivity index (χ4n) is 4.08. The molecule has 3 nitrogen and oxygen atoms in total. The van der Waals surface area contributed by atoms with Crippen LogP contribution in [0.3, 0.4) is 0 Å². The number of hydrogen-bond donors (Lipinski definition) is 0. The summed E-state index contributed by atoms with van der Waals surface area (Å²) in [6, 6.07) is 19.3. The molecule has 32 heavy (non-hydrogen) atoms. The van der Waals surface area contributed by atoms with Gasteiger partial charge in [0.25, 0.3) is 0 Å². The van der Waals surface area contributed by atoms with Crippen LogP contribution in [-0.2, 0) is 9.53 Å². The van der Waals surface area contributed by atoms with E-state index in [0.29, 0.717) is 13.0 Å². The Kier molecular flexibility index (Phi) is 10.4. The van der Waals surface area contributed by atoms with Gasteiger partial charge in [-0.3, -0.25) is 4.79 Å². The molecule has 0 aliphatic rings. The average molecular weight is 435 g/mol. The predicted molar refractivity (Wildman–Crippen MR) is 134 cm³/mol. The lowest BCUT2D eigenvalue weighted by Crippen LogP contribution is -2.05. The highest BCUT2D eigenvalue weighted by atomic mass is 16.5. The van der Waals surface area contributed by atoms with Crippen molar-refractivity contribution in [1.82, 2.24) is 0 Å². The normalized spacial score (nSPS) is 11.2. The van der Waals surface area contributed by atoms with E-state index in [2.05, 4.69) is 61.5 Å². The third-order valence-corrected chi connectivity index (χ3v) is 6.00. The molecule has 3 heteroatoms. The zero-order chi connectivity index (χ0) is 22.4. The lowest BCUT2D eigenvalue weighted by Gasteiger charge is -2.10. The van der Waals surface area contributed by atoms with E-state index in [0.717, 1.165) is 44.5 Å². The molecule has 0 N–H and O–H groups in total. The van der Waals surface area contributed by atoms with Crippen LogP contribution in [0.25, 0.3) is 21.5 Å². The first kappa shape index (κ1) is 24.1. The fourth-order valence-corrected chi connectivity index (χ4v) is 4.08. The van der Waals surface area contributed by atoms with Gasteiger partial charge in [0.2, 0.25) is 0 Å². The molecule has 3 rings (SSSR count). The largest absolute Gasteiger partial charge is 0.493 e. The van der Waals surface area contributed by atoms with Crippen molar-refractivity contribution in [2.75, 3.05) is 13.2 Å². The van der Waals surface area contributed by atoms with Crippen LogP contribution in [0.2, 0.25) is 0 Å². The number of rotatable bonds is 15. The van der Waals surface area contributed by atoms with Gasteiger partial charge in [-0.25, -0.2) is 0 Å². The van der Waals surface area contributed by atoms with Crippen molar-refractivity contribution in [2.45, 2.75) is 77.6 Å². The maximum Gasteiger partial charge on any atom is 0.305 e. The second-order valence-electron chi connectivity index (χ2n) is 8.68. The number of carbonyl (C=O) groups excluding carboxylic acids is 1. The summed E-state index contributed by atoms with van der Waals surface area (Å²) < 4.78 is 11.3. The summed E-state index contributed by atoms with van der Waals surface area (Å²) in [5.74, 6) is 0.958. The highest BCUT2D eigenvalue weighted by Crippen LogP contribution is 2.30. The number of benzene rings is 3. The molecular formula is C29H38O3. The highest BCUT2D eigenvalue weighted by Gasteiger charge is 2.05. The van der Waals surface area contributed by atoms with Gasteiger partial charge in [-0.2, -0.15) is 0 Å². The smallest absolute Gasteiger partial charge is 0.305 e. The van der Waals surface area contributed by atoms with Gasteiger partial charge in [-0.15, -0.1) is 0 Å². The van der Waals surface area contributed by atoms with Crippen molar-refractivity contribution < 1.29 is 14.3 Å². The number of hydrogen-bond acceptors (Lipinski definition) is 3. The standard InChI is InChI=1S/C29H38O3/c1-2-3-20-32-29(30)19-10-8-6-4-5-7-9-13-21-31-28-18-14-17-26-22-24-15-11-12-16-25(24)23-27(26)28/h11-12,14-18,22-23H,2-10,13,19-21H2,1H3. The molecule has 0 bridgehead atoms. The fraction of sp³-hybridized carbons (Fsp3) is 0.483. The molecule has 0 aliphatic heterocycles. The average Bonchev–Trinajstić information content (AvgIpc) is 2.81. The monoisotopic (exact) mass is 434 g/mol. The lowest BCUT2D eigenvalue weighted by atomic mass is 10.0. The Balaban J connectivity index is 1.25. The molecule has 0 radical (unpaired) electrons. The Morgan fingerprint density at radius 3 is 2.09 bits per heavy atom. The summed E-state index contributed by atoms with van der Waals surface area (Å²) in [5.41, 5.74) is 0. The Labute approximate surface area is 193 Å². The van der Waals surface area contributed by atoms with E-state index in [1.165, 1.54) is 53.6 Å². The minimum absolute atomic E-state index is 0.0298. The molecule has 0 saturated heterocycles. The Morgan fingerprint density at radius 2 is 1.34 bits per heavy atom. The topological polar surface area (TPSA) is 35.5 Å². The second kappa shape index (κ2) is 13.8. The van der Waals surface area contributed by atoms with E-state index >= 15 is 0 Å². The molecule has 3 aromatic carbocycles. The number of fused-ring (bicyclic) bond motifs is 2. The first-order valence-electron chi connectivity index (χ1n) is 12.5. The maximum absolute atomic E-state index is 11.6. The van der Waals surface area contributed by atoms with E-state index in [4.69, 9.17) is 9.47 Å². The van der Waals surface area contributed by atoms with Gasteiger partial charge in [0.15, 0.2) is 0 Å². The number of ether oxygens (including phenoxy) is 2. The van der Waals surface area contributed by atoms with Crippen LogP contribution < -0.4 is 4.74 Å². The van der Waals surface area contributed by atoms with Gasteiger partial charge in [0.05, 0.1) is 13.2 Å². The Hall–Kier alpha value is -2.55. The molecular weight excluding hydrogens is 396 g/mol. The van der Waals surface area contributed by atoms with Gasteiger partial charge in [-0.05, 0) is 53.6 Å². The van der Waals surface area contributed by atoms with Gasteiger partial charge in [0.1, 0.15) is 5.75 Å². The van der Waals surface area contributed by atoms with Crippen LogP contribution >= 0.6 is 0 Å². The first-order valence-corrected chi connectivity index (χ1v) is 12.5. The summed E-state index contributed by atoms with van der Waals surface area (Å²) in [6.45, 7) is 3.45. The number of carbonyl (C=O) groups is 1. The first-order chi connectivity index (χ1) is 15.8. The number of esters is 1. The third kappa shape index (κ3) is 7.85. The SMILES string of the molecule is CCCCOC(=O)CCCCCCCCCCOc1cccc2cc3ccccc3cc12. The molecule has 172 valence electrons. The van der Waals surface area contributed by atoms with Crippen molar-refractivity contribution in [3.63, 3.8) is 0 Å². The summed E-state index contributed by atoms with van der Waals surface area (Å²) in [6.07, 6.45) is 12.0.